The summed E-state index contributed by atoms with van der Waals surface area (Å²) in [7, 11) is 0. The lowest BCUT2D eigenvalue weighted by Crippen LogP contribution is -2.02. The Morgan fingerprint density at radius 2 is 2.06 bits per heavy atom. The highest BCUT2D eigenvalue weighted by molar-refractivity contribution is 5.80. The van der Waals surface area contributed by atoms with Gasteiger partial charge in [0, 0.05) is 17.5 Å². The molecule has 18 heavy (non-hydrogen) atoms. The van der Waals surface area contributed by atoms with Gasteiger partial charge in [-0.05, 0) is 18.2 Å². The Kier molecular flexibility index (Phi) is 2.57. The van der Waals surface area contributed by atoms with Gasteiger partial charge in [0.25, 0.3) is 0 Å². The standard InChI is InChI=1S/C13H13N5/c14-13-10(8-16-18-13)7-15-12-6-5-9-3-1-2-4-11(9)17-12/h1-6,8H,7H2,(H,15,17)(H3,14,16,18). The van der Waals surface area contributed by atoms with Crippen LogP contribution in [0, 0.1) is 0 Å². The highest BCUT2D eigenvalue weighted by Crippen LogP contribution is 2.15. The molecule has 0 radical (unpaired) electrons. The number of hydrogen-bond acceptors (Lipinski definition) is 4. The quantitative estimate of drug-likeness (QED) is 0.654. The summed E-state index contributed by atoms with van der Waals surface area (Å²) < 4.78 is 0. The summed E-state index contributed by atoms with van der Waals surface area (Å²) in [6.45, 7) is 0.605. The van der Waals surface area contributed by atoms with E-state index in [-0.39, 0.29) is 0 Å². The van der Waals surface area contributed by atoms with Crippen LogP contribution in [0.4, 0.5) is 11.6 Å². The van der Waals surface area contributed by atoms with E-state index in [0.717, 1.165) is 22.3 Å². The van der Waals surface area contributed by atoms with E-state index in [2.05, 4.69) is 20.5 Å². The van der Waals surface area contributed by atoms with Crippen molar-refractivity contribution in [3.8, 4) is 0 Å². The third-order valence-electron chi connectivity index (χ3n) is 2.81. The minimum Gasteiger partial charge on any atom is -0.384 e. The molecule has 0 unspecified atom stereocenters. The first-order valence-electron chi connectivity index (χ1n) is 5.70. The fourth-order valence-corrected chi connectivity index (χ4v) is 1.81. The van der Waals surface area contributed by atoms with Crippen molar-refractivity contribution >= 4 is 22.5 Å². The third kappa shape index (κ3) is 1.98. The summed E-state index contributed by atoms with van der Waals surface area (Å²) in [6.07, 6.45) is 1.71. The van der Waals surface area contributed by atoms with Crippen molar-refractivity contribution in [1.29, 1.82) is 0 Å². The molecule has 3 aromatic rings. The van der Waals surface area contributed by atoms with Crippen LogP contribution in [0.25, 0.3) is 10.9 Å². The average Bonchev–Trinajstić information content (AvgIpc) is 2.82. The third-order valence-corrected chi connectivity index (χ3v) is 2.81. The SMILES string of the molecule is Nc1[nH]ncc1CNc1ccc2ccccc2n1. The highest BCUT2D eigenvalue weighted by Gasteiger charge is 2.02. The molecule has 0 atom stereocenters. The number of nitrogen functional groups attached to an aromatic ring is 1. The molecule has 5 nitrogen and oxygen atoms in total. The van der Waals surface area contributed by atoms with Crippen LogP contribution in [0.1, 0.15) is 5.56 Å². The normalized spacial score (nSPS) is 10.7. The van der Waals surface area contributed by atoms with Crippen LogP contribution in [0.3, 0.4) is 0 Å². The van der Waals surface area contributed by atoms with Gasteiger partial charge in [0.05, 0.1) is 11.7 Å². The molecule has 2 aromatic heterocycles. The number of nitrogens with zero attached hydrogens (tertiary/aromatic N) is 2. The molecule has 0 amide bonds. The van der Waals surface area contributed by atoms with Gasteiger partial charge >= 0.3 is 0 Å². The van der Waals surface area contributed by atoms with Gasteiger partial charge in [-0.2, -0.15) is 5.10 Å². The number of anilines is 2. The second-order valence-electron chi connectivity index (χ2n) is 4.05. The summed E-state index contributed by atoms with van der Waals surface area (Å²) in [6, 6.07) is 12.0. The number of para-hydroxylation sites is 1. The summed E-state index contributed by atoms with van der Waals surface area (Å²) >= 11 is 0. The average molecular weight is 239 g/mol. The largest absolute Gasteiger partial charge is 0.384 e. The highest BCUT2D eigenvalue weighted by atomic mass is 15.1. The minimum absolute atomic E-state index is 0.586. The lowest BCUT2D eigenvalue weighted by molar-refractivity contribution is 1.10. The summed E-state index contributed by atoms with van der Waals surface area (Å²) in [5.41, 5.74) is 7.63. The van der Waals surface area contributed by atoms with Gasteiger partial charge in [0.15, 0.2) is 0 Å². The molecule has 2 heterocycles. The van der Waals surface area contributed by atoms with Gasteiger partial charge in [0.1, 0.15) is 11.6 Å². The summed E-state index contributed by atoms with van der Waals surface area (Å²) in [5, 5.41) is 10.9. The van der Waals surface area contributed by atoms with Crippen LogP contribution < -0.4 is 11.1 Å². The zero-order chi connectivity index (χ0) is 12.4. The second-order valence-corrected chi connectivity index (χ2v) is 4.05. The number of rotatable bonds is 3. The van der Waals surface area contributed by atoms with E-state index in [1.54, 1.807) is 6.20 Å². The van der Waals surface area contributed by atoms with Crippen LogP contribution >= 0.6 is 0 Å². The lowest BCUT2D eigenvalue weighted by Gasteiger charge is -2.05. The van der Waals surface area contributed by atoms with Gasteiger partial charge in [-0.3, -0.25) is 5.10 Å². The molecule has 0 saturated heterocycles. The van der Waals surface area contributed by atoms with Gasteiger partial charge in [-0.25, -0.2) is 4.98 Å². The van der Waals surface area contributed by atoms with E-state index in [4.69, 9.17) is 5.73 Å². The van der Waals surface area contributed by atoms with Crippen LogP contribution in [0.2, 0.25) is 0 Å². The molecule has 0 saturated carbocycles. The maximum absolute atomic E-state index is 5.72. The smallest absolute Gasteiger partial charge is 0.126 e. The van der Waals surface area contributed by atoms with E-state index in [9.17, 15) is 0 Å². The van der Waals surface area contributed by atoms with Crippen LogP contribution in [-0.2, 0) is 6.54 Å². The Hall–Kier alpha value is -2.56. The molecule has 0 fully saturated rings. The number of fused-ring (bicyclic) bond motifs is 1. The molecular weight excluding hydrogens is 226 g/mol. The van der Waals surface area contributed by atoms with Crippen molar-refractivity contribution in [1.82, 2.24) is 15.2 Å². The van der Waals surface area contributed by atoms with Crippen molar-refractivity contribution in [3.63, 3.8) is 0 Å². The van der Waals surface area contributed by atoms with Crippen molar-refractivity contribution in [2.45, 2.75) is 6.54 Å². The van der Waals surface area contributed by atoms with Gasteiger partial charge in [-0.1, -0.05) is 18.2 Å². The van der Waals surface area contributed by atoms with E-state index in [1.165, 1.54) is 0 Å². The van der Waals surface area contributed by atoms with Gasteiger partial charge < -0.3 is 11.1 Å². The molecule has 0 bridgehead atoms. The zero-order valence-electron chi connectivity index (χ0n) is 9.72. The first kappa shape index (κ1) is 10.6. The lowest BCUT2D eigenvalue weighted by atomic mass is 10.2. The number of pyridine rings is 1. The Morgan fingerprint density at radius 1 is 1.17 bits per heavy atom. The molecular formula is C13H13N5. The Bertz CT molecular complexity index is 674. The Labute approximate surface area is 104 Å². The Morgan fingerprint density at radius 3 is 2.89 bits per heavy atom. The molecule has 1 aromatic carbocycles. The molecule has 0 aliphatic rings. The summed E-state index contributed by atoms with van der Waals surface area (Å²) in [4.78, 5) is 4.52. The number of hydrogen-bond donors (Lipinski definition) is 3. The Balaban J connectivity index is 1.81. The second kappa shape index (κ2) is 4.37. The number of nitrogens with one attached hydrogen (secondary N) is 2. The predicted octanol–water partition coefficient (Wildman–Crippen LogP) is 2.15. The topological polar surface area (TPSA) is 79.6 Å². The molecule has 4 N–H and O–H groups in total. The molecule has 90 valence electrons. The molecule has 3 rings (SSSR count). The van der Waals surface area contributed by atoms with Crippen molar-refractivity contribution in [2.75, 3.05) is 11.1 Å². The van der Waals surface area contributed by atoms with E-state index in [1.807, 2.05) is 36.4 Å². The van der Waals surface area contributed by atoms with E-state index >= 15 is 0 Å². The first-order chi connectivity index (χ1) is 8.83. The molecule has 0 aliphatic heterocycles. The maximum Gasteiger partial charge on any atom is 0.126 e. The van der Waals surface area contributed by atoms with Crippen molar-refractivity contribution in [3.05, 3.63) is 48.2 Å². The monoisotopic (exact) mass is 239 g/mol. The van der Waals surface area contributed by atoms with E-state index in [0.29, 0.717) is 12.4 Å². The van der Waals surface area contributed by atoms with Crippen molar-refractivity contribution < 1.29 is 0 Å². The number of benzene rings is 1. The fourth-order valence-electron chi connectivity index (χ4n) is 1.81. The van der Waals surface area contributed by atoms with Crippen molar-refractivity contribution in [2.24, 2.45) is 0 Å². The first-order valence-corrected chi connectivity index (χ1v) is 5.70. The van der Waals surface area contributed by atoms with Gasteiger partial charge in [-0.15, -0.1) is 0 Å². The molecule has 0 spiro atoms. The number of aromatic amines is 1. The maximum atomic E-state index is 5.72. The molecule has 5 heteroatoms. The van der Waals surface area contributed by atoms with Gasteiger partial charge in [0.2, 0.25) is 0 Å². The molecule has 0 aliphatic carbocycles. The van der Waals surface area contributed by atoms with E-state index < -0.39 is 0 Å². The number of H-pyrrole nitrogens is 1. The van der Waals surface area contributed by atoms with Crippen LogP contribution in [-0.4, -0.2) is 15.2 Å². The van der Waals surface area contributed by atoms with Crippen LogP contribution in [0.5, 0.6) is 0 Å². The summed E-state index contributed by atoms with van der Waals surface area (Å²) in [5.74, 6) is 1.41. The predicted molar refractivity (Wildman–Crippen MR) is 72.1 cm³/mol. The number of aromatic nitrogens is 3. The minimum atomic E-state index is 0.586. The number of nitrogens with two attached hydrogens (primary N) is 1. The zero-order valence-corrected chi connectivity index (χ0v) is 9.72. The van der Waals surface area contributed by atoms with Crippen LogP contribution in [0.15, 0.2) is 42.6 Å². The fraction of sp³-hybridized carbons (Fsp3) is 0.0769.